The maximum absolute atomic E-state index is 9.81. The number of aromatic nitrogens is 1. The minimum atomic E-state index is -0.448. The van der Waals surface area contributed by atoms with Crippen molar-refractivity contribution in [1.82, 2.24) is 4.98 Å². The number of nitrogens with zero attached hydrogens (tertiary/aromatic N) is 2. The van der Waals surface area contributed by atoms with Gasteiger partial charge in [0.15, 0.2) is 0 Å². The lowest BCUT2D eigenvalue weighted by molar-refractivity contribution is 0.169. The monoisotopic (exact) mass is 288 g/mol. The van der Waals surface area contributed by atoms with E-state index in [9.17, 15) is 5.11 Å². The first-order valence-corrected chi connectivity index (χ1v) is 8.09. The molecule has 1 N–H and O–H groups in total. The van der Waals surface area contributed by atoms with Crippen LogP contribution in [0.4, 0.5) is 5.69 Å². The third-order valence-corrected chi connectivity index (χ3v) is 4.59. The van der Waals surface area contributed by atoms with E-state index in [0.717, 1.165) is 17.9 Å². The molecule has 3 nitrogen and oxygen atoms in total. The minimum absolute atomic E-state index is 0.448. The Hall–Kier alpha value is -1.39. The molecule has 3 rings (SSSR count). The average Bonchev–Trinajstić information content (AvgIpc) is 3.21. The van der Waals surface area contributed by atoms with Crippen LogP contribution in [-0.4, -0.2) is 16.1 Å². The van der Waals surface area contributed by atoms with Gasteiger partial charge in [0.1, 0.15) is 0 Å². The van der Waals surface area contributed by atoms with Crippen molar-refractivity contribution in [2.24, 2.45) is 0 Å². The van der Waals surface area contributed by atoms with E-state index >= 15 is 0 Å². The van der Waals surface area contributed by atoms with Crippen LogP contribution in [0.2, 0.25) is 0 Å². The largest absolute Gasteiger partial charge is 0.387 e. The molecule has 20 heavy (non-hydrogen) atoms. The summed E-state index contributed by atoms with van der Waals surface area (Å²) in [6.45, 7) is 2.92. The van der Waals surface area contributed by atoms with Crippen LogP contribution in [0.25, 0.3) is 0 Å². The molecule has 0 amide bonds. The highest BCUT2D eigenvalue weighted by Gasteiger charge is 2.29. The molecule has 0 spiro atoms. The van der Waals surface area contributed by atoms with E-state index in [0.29, 0.717) is 12.5 Å². The van der Waals surface area contributed by atoms with Gasteiger partial charge in [0.25, 0.3) is 0 Å². The molecular formula is C16H20N2OS. The summed E-state index contributed by atoms with van der Waals surface area (Å²) in [6, 6.07) is 8.98. The molecule has 4 heteroatoms. The highest BCUT2D eigenvalue weighted by molar-refractivity contribution is 7.09. The summed E-state index contributed by atoms with van der Waals surface area (Å²) in [5, 5.41) is 11.9. The van der Waals surface area contributed by atoms with Gasteiger partial charge in [-0.3, -0.25) is 4.98 Å². The third-order valence-electron chi connectivity index (χ3n) is 3.72. The average molecular weight is 288 g/mol. The number of hydrogen-bond donors (Lipinski definition) is 1. The van der Waals surface area contributed by atoms with Crippen molar-refractivity contribution in [1.29, 1.82) is 0 Å². The molecule has 0 aliphatic heterocycles. The molecule has 1 fully saturated rings. The zero-order valence-corrected chi connectivity index (χ0v) is 12.5. The van der Waals surface area contributed by atoms with Gasteiger partial charge in [-0.2, -0.15) is 0 Å². The van der Waals surface area contributed by atoms with Gasteiger partial charge < -0.3 is 10.0 Å². The van der Waals surface area contributed by atoms with Gasteiger partial charge in [-0.05, 0) is 42.8 Å². The van der Waals surface area contributed by atoms with E-state index in [1.165, 1.54) is 17.7 Å². The first kappa shape index (κ1) is 13.6. The predicted molar refractivity (Wildman–Crippen MR) is 83.0 cm³/mol. The van der Waals surface area contributed by atoms with E-state index < -0.39 is 6.10 Å². The summed E-state index contributed by atoms with van der Waals surface area (Å²) in [7, 11) is 0. The summed E-state index contributed by atoms with van der Waals surface area (Å²) in [4.78, 5) is 8.24. The van der Waals surface area contributed by atoms with Gasteiger partial charge in [-0.15, -0.1) is 11.3 Å². The molecular weight excluding hydrogens is 268 g/mol. The lowest BCUT2D eigenvalue weighted by Gasteiger charge is -2.24. The summed E-state index contributed by atoms with van der Waals surface area (Å²) in [5.41, 5.74) is 1.93. The molecule has 1 aliphatic rings. The second-order valence-electron chi connectivity index (χ2n) is 5.30. The quantitative estimate of drug-likeness (QED) is 0.879. The lowest BCUT2D eigenvalue weighted by Crippen LogP contribution is -2.24. The number of aliphatic hydroxyl groups is 1. The van der Waals surface area contributed by atoms with Crippen LogP contribution < -0.4 is 4.90 Å². The highest BCUT2D eigenvalue weighted by atomic mass is 32.1. The van der Waals surface area contributed by atoms with Gasteiger partial charge in [0.2, 0.25) is 0 Å². The van der Waals surface area contributed by atoms with Gasteiger partial charge in [-0.25, -0.2) is 0 Å². The summed E-state index contributed by atoms with van der Waals surface area (Å²) >= 11 is 1.80. The number of rotatable bonds is 6. The second-order valence-corrected chi connectivity index (χ2v) is 6.34. The summed E-state index contributed by atoms with van der Waals surface area (Å²) in [6.07, 6.45) is 4.69. The van der Waals surface area contributed by atoms with Gasteiger partial charge in [0, 0.05) is 10.9 Å². The van der Waals surface area contributed by atoms with E-state index in [4.69, 9.17) is 0 Å². The second kappa shape index (κ2) is 5.94. The fourth-order valence-electron chi connectivity index (χ4n) is 2.36. The Bertz CT molecular complexity index is 534. The van der Waals surface area contributed by atoms with Crippen molar-refractivity contribution < 1.29 is 5.11 Å². The molecule has 0 unspecified atom stereocenters. The van der Waals surface area contributed by atoms with Crippen LogP contribution in [0.5, 0.6) is 0 Å². The Labute approximate surface area is 123 Å². The Morgan fingerprint density at radius 3 is 2.80 bits per heavy atom. The molecule has 2 aromatic heterocycles. The van der Waals surface area contributed by atoms with Gasteiger partial charge >= 0.3 is 0 Å². The van der Waals surface area contributed by atoms with Crippen molar-refractivity contribution in [3.63, 3.8) is 0 Å². The topological polar surface area (TPSA) is 36.4 Å². The molecule has 0 saturated heterocycles. The predicted octanol–water partition coefficient (Wildman–Crippen LogP) is 3.76. The molecule has 1 saturated carbocycles. The van der Waals surface area contributed by atoms with Crippen molar-refractivity contribution in [3.05, 3.63) is 46.4 Å². The van der Waals surface area contributed by atoms with Crippen LogP contribution in [0, 0.1) is 0 Å². The zero-order valence-electron chi connectivity index (χ0n) is 11.7. The van der Waals surface area contributed by atoms with E-state index in [2.05, 4.69) is 33.5 Å². The maximum Gasteiger partial charge on any atom is 0.0957 e. The Balaban J connectivity index is 1.77. The lowest BCUT2D eigenvalue weighted by atomic mass is 10.2. The highest BCUT2D eigenvalue weighted by Crippen LogP contribution is 2.33. The van der Waals surface area contributed by atoms with E-state index in [1.54, 1.807) is 11.3 Å². The molecule has 1 aliphatic carbocycles. The fraction of sp³-hybridized carbons (Fsp3) is 0.438. The number of pyridine rings is 1. The summed E-state index contributed by atoms with van der Waals surface area (Å²) in [5.74, 6) is 0. The Morgan fingerprint density at radius 2 is 2.25 bits per heavy atom. The molecule has 106 valence electrons. The standard InChI is InChI=1S/C16H20N2OS/c1-2-16(19)15-8-7-13(10-17-15)18(12-5-6-12)11-14-4-3-9-20-14/h3-4,7-10,12,16,19H,2,5-6,11H2,1H3/t16-/m0/s1. The van der Waals surface area contributed by atoms with E-state index in [-0.39, 0.29) is 0 Å². The Morgan fingerprint density at radius 1 is 1.40 bits per heavy atom. The molecule has 2 aromatic rings. The van der Waals surface area contributed by atoms with Crippen LogP contribution >= 0.6 is 11.3 Å². The van der Waals surface area contributed by atoms with Crippen molar-refractivity contribution in [2.75, 3.05) is 4.90 Å². The minimum Gasteiger partial charge on any atom is -0.387 e. The van der Waals surface area contributed by atoms with Crippen LogP contribution in [-0.2, 0) is 6.54 Å². The number of aliphatic hydroxyl groups excluding tert-OH is 1. The number of hydrogen-bond acceptors (Lipinski definition) is 4. The maximum atomic E-state index is 9.81. The molecule has 0 aromatic carbocycles. The molecule has 1 atom stereocenters. The normalized spacial score (nSPS) is 16.1. The van der Waals surface area contributed by atoms with Crippen LogP contribution in [0.1, 0.15) is 42.9 Å². The zero-order chi connectivity index (χ0) is 13.9. The SMILES string of the molecule is CC[C@H](O)c1ccc(N(Cc2cccs2)C2CC2)cn1. The fourth-order valence-corrected chi connectivity index (χ4v) is 3.06. The van der Waals surface area contributed by atoms with Crippen molar-refractivity contribution >= 4 is 17.0 Å². The molecule has 0 bridgehead atoms. The van der Waals surface area contributed by atoms with Crippen LogP contribution in [0.3, 0.4) is 0 Å². The smallest absolute Gasteiger partial charge is 0.0957 e. The van der Waals surface area contributed by atoms with Gasteiger partial charge in [-0.1, -0.05) is 13.0 Å². The molecule has 2 heterocycles. The van der Waals surface area contributed by atoms with Crippen molar-refractivity contribution in [3.8, 4) is 0 Å². The van der Waals surface area contributed by atoms with Crippen molar-refractivity contribution in [2.45, 2.75) is 44.9 Å². The summed E-state index contributed by atoms with van der Waals surface area (Å²) < 4.78 is 0. The molecule has 0 radical (unpaired) electrons. The van der Waals surface area contributed by atoms with Gasteiger partial charge in [0.05, 0.1) is 30.2 Å². The first-order valence-electron chi connectivity index (χ1n) is 7.21. The number of thiophene rings is 1. The Kier molecular flexibility index (Phi) is 4.03. The first-order chi connectivity index (χ1) is 9.78. The van der Waals surface area contributed by atoms with Crippen LogP contribution in [0.15, 0.2) is 35.8 Å². The number of anilines is 1. The van der Waals surface area contributed by atoms with E-state index in [1.807, 2.05) is 19.2 Å². The third kappa shape index (κ3) is 3.02.